The molecule has 0 saturated carbocycles. The SMILES string of the molecule is Clc1ccc(Cl)c(SCc2nc(-c3ccsc3)no2)c1. The number of thioether (sulfide) groups is 1. The van der Waals surface area contributed by atoms with Crippen LogP contribution < -0.4 is 0 Å². The van der Waals surface area contributed by atoms with Crippen LogP contribution in [0.15, 0.2) is 44.4 Å². The van der Waals surface area contributed by atoms with Crippen LogP contribution in [0.4, 0.5) is 0 Å². The Bertz CT molecular complexity index is 713. The van der Waals surface area contributed by atoms with Crippen LogP contribution in [-0.2, 0) is 5.75 Å². The van der Waals surface area contributed by atoms with Crippen molar-refractivity contribution in [1.29, 1.82) is 0 Å². The third-order valence-corrected chi connectivity index (χ3v) is 4.89. The number of hydrogen-bond donors (Lipinski definition) is 0. The van der Waals surface area contributed by atoms with Crippen molar-refractivity contribution >= 4 is 46.3 Å². The van der Waals surface area contributed by atoms with Crippen LogP contribution in [0.1, 0.15) is 5.89 Å². The third kappa shape index (κ3) is 3.17. The van der Waals surface area contributed by atoms with Gasteiger partial charge in [-0.15, -0.1) is 11.8 Å². The topological polar surface area (TPSA) is 38.9 Å². The molecular weight excluding hydrogens is 335 g/mol. The number of benzene rings is 1. The van der Waals surface area contributed by atoms with E-state index in [2.05, 4.69) is 10.1 Å². The van der Waals surface area contributed by atoms with E-state index in [1.54, 1.807) is 23.5 Å². The van der Waals surface area contributed by atoms with Crippen molar-refractivity contribution in [3.63, 3.8) is 0 Å². The van der Waals surface area contributed by atoms with Gasteiger partial charge in [0.2, 0.25) is 11.7 Å². The maximum atomic E-state index is 6.10. The Balaban J connectivity index is 1.71. The average molecular weight is 343 g/mol. The minimum absolute atomic E-state index is 0.553. The molecule has 1 aromatic carbocycles. The van der Waals surface area contributed by atoms with Gasteiger partial charge in [-0.25, -0.2) is 0 Å². The predicted octanol–water partition coefficient (Wildman–Crippen LogP) is 5.40. The second-order valence-electron chi connectivity index (χ2n) is 3.89. The van der Waals surface area contributed by atoms with E-state index >= 15 is 0 Å². The zero-order valence-corrected chi connectivity index (χ0v) is 13.2. The van der Waals surface area contributed by atoms with Gasteiger partial charge in [0, 0.05) is 20.9 Å². The molecule has 7 heteroatoms. The lowest BCUT2D eigenvalue weighted by Crippen LogP contribution is -1.82. The van der Waals surface area contributed by atoms with E-state index in [0.29, 0.717) is 27.5 Å². The number of halogens is 2. The van der Waals surface area contributed by atoms with Crippen LogP contribution in [0.25, 0.3) is 11.4 Å². The molecule has 0 bridgehead atoms. The lowest BCUT2D eigenvalue weighted by atomic mass is 10.3. The minimum Gasteiger partial charge on any atom is -0.338 e. The zero-order valence-electron chi connectivity index (χ0n) is 10.0. The summed E-state index contributed by atoms with van der Waals surface area (Å²) in [6.07, 6.45) is 0. The highest BCUT2D eigenvalue weighted by molar-refractivity contribution is 7.98. The number of aromatic nitrogens is 2. The fourth-order valence-corrected chi connectivity index (χ4v) is 3.51. The number of hydrogen-bond acceptors (Lipinski definition) is 5. The van der Waals surface area contributed by atoms with Gasteiger partial charge >= 0.3 is 0 Å². The van der Waals surface area contributed by atoms with Gasteiger partial charge in [0.15, 0.2) is 0 Å². The lowest BCUT2D eigenvalue weighted by Gasteiger charge is -2.02. The van der Waals surface area contributed by atoms with E-state index in [0.717, 1.165) is 10.5 Å². The molecule has 0 N–H and O–H groups in total. The Morgan fingerprint density at radius 1 is 1.25 bits per heavy atom. The summed E-state index contributed by atoms with van der Waals surface area (Å²) in [6, 6.07) is 7.32. The van der Waals surface area contributed by atoms with Gasteiger partial charge in [0.05, 0.1) is 10.8 Å². The lowest BCUT2D eigenvalue weighted by molar-refractivity contribution is 0.391. The highest BCUT2D eigenvalue weighted by Crippen LogP contribution is 2.32. The molecule has 3 aromatic rings. The van der Waals surface area contributed by atoms with E-state index in [-0.39, 0.29) is 0 Å². The highest BCUT2D eigenvalue weighted by Gasteiger charge is 2.10. The molecule has 0 unspecified atom stereocenters. The maximum Gasteiger partial charge on any atom is 0.237 e. The zero-order chi connectivity index (χ0) is 13.9. The Morgan fingerprint density at radius 3 is 2.95 bits per heavy atom. The molecule has 3 nitrogen and oxygen atoms in total. The molecule has 0 aliphatic heterocycles. The molecule has 0 amide bonds. The van der Waals surface area contributed by atoms with E-state index < -0.39 is 0 Å². The highest BCUT2D eigenvalue weighted by atomic mass is 35.5. The molecule has 0 fully saturated rings. The van der Waals surface area contributed by atoms with E-state index in [1.165, 1.54) is 11.8 Å². The summed E-state index contributed by atoms with van der Waals surface area (Å²) in [7, 11) is 0. The second kappa shape index (κ2) is 6.18. The molecule has 0 aliphatic rings. The molecule has 2 heterocycles. The fraction of sp³-hybridized carbons (Fsp3) is 0.0769. The van der Waals surface area contributed by atoms with Gasteiger partial charge in [-0.1, -0.05) is 28.4 Å². The third-order valence-electron chi connectivity index (χ3n) is 2.49. The van der Waals surface area contributed by atoms with Crippen molar-refractivity contribution in [2.24, 2.45) is 0 Å². The molecule has 3 rings (SSSR count). The van der Waals surface area contributed by atoms with Crippen molar-refractivity contribution in [3.05, 3.63) is 51.0 Å². The monoisotopic (exact) mass is 342 g/mol. The van der Waals surface area contributed by atoms with Gasteiger partial charge in [-0.3, -0.25) is 0 Å². The molecular formula is C13H8Cl2N2OS2. The molecule has 0 aliphatic carbocycles. The Morgan fingerprint density at radius 2 is 2.15 bits per heavy atom. The Kier molecular flexibility index (Phi) is 4.31. The molecule has 0 saturated heterocycles. The van der Waals surface area contributed by atoms with Crippen LogP contribution in [0.2, 0.25) is 10.0 Å². The van der Waals surface area contributed by atoms with E-state index in [1.807, 2.05) is 22.9 Å². The molecule has 0 spiro atoms. The first-order valence-electron chi connectivity index (χ1n) is 5.65. The van der Waals surface area contributed by atoms with Gasteiger partial charge in [-0.2, -0.15) is 16.3 Å². The number of nitrogens with zero attached hydrogens (tertiary/aromatic N) is 2. The van der Waals surface area contributed by atoms with E-state index in [9.17, 15) is 0 Å². The summed E-state index contributed by atoms with van der Waals surface area (Å²) >= 11 is 15.2. The van der Waals surface area contributed by atoms with Crippen LogP contribution in [0, 0.1) is 0 Å². The summed E-state index contributed by atoms with van der Waals surface area (Å²) in [5, 5.41) is 9.24. The standard InChI is InChI=1S/C13H8Cl2N2OS2/c14-9-1-2-10(15)11(5-9)20-7-12-16-13(17-18-12)8-3-4-19-6-8/h1-6H,7H2. The first kappa shape index (κ1) is 13.9. The number of thiophene rings is 1. The molecule has 20 heavy (non-hydrogen) atoms. The van der Waals surface area contributed by atoms with Gasteiger partial charge < -0.3 is 4.52 Å². The molecule has 0 atom stereocenters. The Labute approximate surface area is 133 Å². The first-order chi connectivity index (χ1) is 9.72. The quantitative estimate of drug-likeness (QED) is 0.595. The van der Waals surface area contributed by atoms with Crippen LogP contribution >= 0.6 is 46.3 Å². The van der Waals surface area contributed by atoms with Crippen LogP contribution in [0.5, 0.6) is 0 Å². The van der Waals surface area contributed by atoms with Crippen molar-refractivity contribution in [2.75, 3.05) is 0 Å². The summed E-state index contributed by atoms with van der Waals surface area (Å²) in [5.41, 5.74) is 0.968. The molecule has 2 aromatic heterocycles. The fourth-order valence-electron chi connectivity index (χ4n) is 1.55. The van der Waals surface area contributed by atoms with Crippen LogP contribution in [-0.4, -0.2) is 10.1 Å². The van der Waals surface area contributed by atoms with Gasteiger partial charge in [0.1, 0.15) is 0 Å². The summed E-state index contributed by atoms with van der Waals surface area (Å²) in [4.78, 5) is 5.25. The van der Waals surface area contributed by atoms with Gasteiger partial charge in [-0.05, 0) is 29.6 Å². The largest absolute Gasteiger partial charge is 0.338 e. The van der Waals surface area contributed by atoms with Crippen molar-refractivity contribution in [2.45, 2.75) is 10.6 Å². The predicted molar refractivity (Wildman–Crippen MR) is 83.6 cm³/mol. The van der Waals surface area contributed by atoms with Crippen molar-refractivity contribution < 1.29 is 4.52 Å². The van der Waals surface area contributed by atoms with Crippen molar-refractivity contribution in [1.82, 2.24) is 10.1 Å². The molecule has 102 valence electrons. The first-order valence-corrected chi connectivity index (χ1v) is 8.34. The van der Waals surface area contributed by atoms with Gasteiger partial charge in [0.25, 0.3) is 0 Å². The van der Waals surface area contributed by atoms with E-state index in [4.69, 9.17) is 27.7 Å². The smallest absolute Gasteiger partial charge is 0.237 e. The normalized spacial score (nSPS) is 10.9. The average Bonchev–Trinajstić information content (AvgIpc) is 3.09. The van der Waals surface area contributed by atoms with Crippen LogP contribution in [0.3, 0.4) is 0 Å². The Hall–Kier alpha value is -1.01. The number of rotatable bonds is 4. The summed E-state index contributed by atoms with van der Waals surface area (Å²) < 4.78 is 5.23. The van der Waals surface area contributed by atoms with Crippen molar-refractivity contribution in [3.8, 4) is 11.4 Å². The molecule has 0 radical (unpaired) electrons. The maximum absolute atomic E-state index is 6.10. The second-order valence-corrected chi connectivity index (χ2v) is 6.53. The summed E-state index contributed by atoms with van der Waals surface area (Å²) in [5.74, 6) is 1.73. The minimum atomic E-state index is 0.553. The summed E-state index contributed by atoms with van der Waals surface area (Å²) in [6.45, 7) is 0.